The lowest BCUT2D eigenvalue weighted by molar-refractivity contribution is 0.816. The van der Waals surface area contributed by atoms with E-state index in [9.17, 15) is 4.91 Å². The highest BCUT2D eigenvalue weighted by molar-refractivity contribution is 6.31. The molecule has 0 aliphatic rings. The van der Waals surface area contributed by atoms with Crippen molar-refractivity contribution in [3.8, 4) is 0 Å². The number of hydrogen-bond acceptors (Lipinski definition) is 3. The van der Waals surface area contributed by atoms with Crippen molar-refractivity contribution in [2.75, 3.05) is 11.6 Å². The lowest BCUT2D eigenvalue weighted by atomic mass is 10.2. The van der Waals surface area contributed by atoms with Crippen LogP contribution in [0.25, 0.3) is 0 Å². The van der Waals surface area contributed by atoms with Gasteiger partial charge in [0, 0.05) is 23.5 Å². The number of nitroso groups, excluding NO2 is 1. The van der Waals surface area contributed by atoms with Gasteiger partial charge in [-0.25, -0.2) is 5.01 Å². The number of halogens is 1. The van der Waals surface area contributed by atoms with Crippen molar-refractivity contribution in [3.63, 3.8) is 0 Å². The maximum absolute atomic E-state index is 11.0. The van der Waals surface area contributed by atoms with Gasteiger partial charge >= 0.3 is 0 Å². The van der Waals surface area contributed by atoms with Crippen LogP contribution < -0.4 is 5.01 Å². The summed E-state index contributed by atoms with van der Waals surface area (Å²) in [6, 6.07) is 9.40. The Morgan fingerprint density at radius 1 is 1.25 bits per heavy atom. The smallest absolute Gasteiger partial charge is 0.0630 e. The SMILES string of the molecule is Cc1ccc(CCN(N=O)c2ccc(Cl)c(C)c2)cn1. The number of rotatable bonds is 5. The second kappa shape index (κ2) is 6.48. The molecule has 0 saturated carbocycles. The van der Waals surface area contributed by atoms with Crippen LogP contribution in [0.2, 0.25) is 5.02 Å². The van der Waals surface area contributed by atoms with Gasteiger partial charge in [-0.1, -0.05) is 17.7 Å². The molecule has 2 rings (SSSR count). The Labute approximate surface area is 123 Å². The van der Waals surface area contributed by atoms with Gasteiger partial charge < -0.3 is 0 Å². The van der Waals surface area contributed by atoms with Gasteiger partial charge in [0.25, 0.3) is 0 Å². The Kier molecular flexibility index (Phi) is 4.69. The first-order valence-corrected chi connectivity index (χ1v) is 6.76. The van der Waals surface area contributed by atoms with Crippen molar-refractivity contribution in [3.05, 3.63) is 63.3 Å². The summed E-state index contributed by atoms with van der Waals surface area (Å²) in [5.74, 6) is 0. The number of aromatic nitrogens is 1. The molecular formula is C15H16ClN3O. The lowest BCUT2D eigenvalue weighted by Gasteiger charge is -2.16. The molecule has 0 radical (unpaired) electrons. The van der Waals surface area contributed by atoms with E-state index in [1.807, 2.05) is 38.2 Å². The third-order valence-electron chi connectivity index (χ3n) is 3.12. The van der Waals surface area contributed by atoms with E-state index in [1.54, 1.807) is 12.1 Å². The number of pyridine rings is 1. The molecule has 1 aromatic carbocycles. The lowest BCUT2D eigenvalue weighted by Crippen LogP contribution is -2.18. The van der Waals surface area contributed by atoms with Crippen molar-refractivity contribution >= 4 is 17.3 Å². The quantitative estimate of drug-likeness (QED) is 0.615. The molecule has 104 valence electrons. The Balaban J connectivity index is 2.07. The fourth-order valence-corrected chi connectivity index (χ4v) is 2.01. The van der Waals surface area contributed by atoms with Crippen LogP contribution in [0.5, 0.6) is 0 Å². The summed E-state index contributed by atoms with van der Waals surface area (Å²) in [6.45, 7) is 4.35. The van der Waals surface area contributed by atoms with E-state index >= 15 is 0 Å². The van der Waals surface area contributed by atoms with Gasteiger partial charge in [-0.15, -0.1) is 4.91 Å². The molecular weight excluding hydrogens is 274 g/mol. The van der Waals surface area contributed by atoms with Gasteiger partial charge in [-0.2, -0.15) is 0 Å². The topological polar surface area (TPSA) is 45.6 Å². The number of nitrogens with zero attached hydrogens (tertiary/aromatic N) is 3. The summed E-state index contributed by atoms with van der Waals surface area (Å²) in [5.41, 5.74) is 3.74. The van der Waals surface area contributed by atoms with Crippen molar-refractivity contribution < 1.29 is 0 Å². The maximum atomic E-state index is 11.0. The normalized spacial score (nSPS) is 10.3. The molecule has 5 heteroatoms. The summed E-state index contributed by atoms with van der Waals surface area (Å²) < 4.78 is 0. The van der Waals surface area contributed by atoms with E-state index in [-0.39, 0.29) is 0 Å². The molecule has 0 N–H and O–H groups in total. The first-order chi connectivity index (χ1) is 9.60. The Morgan fingerprint density at radius 3 is 2.65 bits per heavy atom. The van der Waals surface area contributed by atoms with Gasteiger partial charge in [0.05, 0.1) is 11.0 Å². The Bertz CT molecular complexity index is 599. The molecule has 2 aromatic rings. The molecule has 0 saturated heterocycles. The molecule has 0 aliphatic heterocycles. The van der Waals surface area contributed by atoms with Crippen molar-refractivity contribution in [1.29, 1.82) is 0 Å². The zero-order chi connectivity index (χ0) is 14.5. The third-order valence-corrected chi connectivity index (χ3v) is 3.55. The van der Waals surface area contributed by atoms with E-state index in [0.717, 1.165) is 22.5 Å². The van der Waals surface area contributed by atoms with Crippen LogP contribution in [-0.4, -0.2) is 11.5 Å². The standard InChI is InChI=1S/C15H16ClN3O/c1-11-9-14(5-6-15(11)16)19(18-20)8-7-13-4-3-12(2)17-10-13/h3-6,9-10H,7-8H2,1-2H3. The second-order valence-corrected chi connectivity index (χ2v) is 5.10. The fraction of sp³-hybridized carbons (Fsp3) is 0.267. The number of benzene rings is 1. The van der Waals surface area contributed by atoms with Crippen LogP contribution in [0, 0.1) is 18.8 Å². The zero-order valence-corrected chi connectivity index (χ0v) is 12.3. The summed E-state index contributed by atoms with van der Waals surface area (Å²) in [4.78, 5) is 15.2. The van der Waals surface area contributed by atoms with Crippen LogP contribution in [0.3, 0.4) is 0 Å². The molecule has 0 spiro atoms. The van der Waals surface area contributed by atoms with Gasteiger partial charge in [0.15, 0.2) is 0 Å². The minimum absolute atomic E-state index is 0.509. The molecule has 0 amide bonds. The van der Waals surface area contributed by atoms with Gasteiger partial charge in [0.2, 0.25) is 0 Å². The minimum Gasteiger partial charge on any atom is -0.261 e. The molecule has 1 aromatic heterocycles. The van der Waals surface area contributed by atoms with E-state index in [2.05, 4.69) is 10.3 Å². The van der Waals surface area contributed by atoms with Crippen LogP contribution in [-0.2, 0) is 6.42 Å². The van der Waals surface area contributed by atoms with E-state index in [0.29, 0.717) is 18.0 Å². The molecule has 0 unspecified atom stereocenters. The predicted molar refractivity (Wildman–Crippen MR) is 82.0 cm³/mol. The fourth-order valence-electron chi connectivity index (χ4n) is 1.89. The maximum Gasteiger partial charge on any atom is 0.0630 e. The largest absolute Gasteiger partial charge is 0.261 e. The molecule has 0 atom stereocenters. The number of aryl methyl sites for hydroxylation is 2. The molecule has 20 heavy (non-hydrogen) atoms. The van der Waals surface area contributed by atoms with Crippen molar-refractivity contribution in [1.82, 2.24) is 4.98 Å². The summed E-state index contributed by atoms with van der Waals surface area (Å²) in [5, 5.41) is 5.20. The Hall–Kier alpha value is -1.94. The average molecular weight is 290 g/mol. The average Bonchev–Trinajstić information content (AvgIpc) is 2.45. The molecule has 0 fully saturated rings. The summed E-state index contributed by atoms with van der Waals surface area (Å²) >= 11 is 5.98. The van der Waals surface area contributed by atoms with E-state index in [1.165, 1.54) is 5.01 Å². The van der Waals surface area contributed by atoms with Gasteiger partial charge in [-0.05, 0) is 55.7 Å². The highest BCUT2D eigenvalue weighted by atomic mass is 35.5. The molecule has 0 aliphatic carbocycles. The summed E-state index contributed by atoms with van der Waals surface area (Å²) in [6.07, 6.45) is 2.53. The number of hydrogen-bond donors (Lipinski definition) is 0. The predicted octanol–water partition coefficient (Wildman–Crippen LogP) is 4.08. The van der Waals surface area contributed by atoms with Crippen LogP contribution in [0.4, 0.5) is 5.69 Å². The van der Waals surface area contributed by atoms with Crippen LogP contribution in [0.1, 0.15) is 16.8 Å². The van der Waals surface area contributed by atoms with Crippen molar-refractivity contribution in [2.24, 2.45) is 5.29 Å². The molecule has 1 heterocycles. The first-order valence-electron chi connectivity index (χ1n) is 6.38. The Morgan fingerprint density at radius 2 is 2.05 bits per heavy atom. The number of anilines is 1. The highest BCUT2D eigenvalue weighted by Gasteiger charge is 2.08. The first kappa shape index (κ1) is 14.5. The van der Waals surface area contributed by atoms with Crippen LogP contribution in [0.15, 0.2) is 41.8 Å². The van der Waals surface area contributed by atoms with E-state index in [4.69, 9.17) is 11.6 Å². The zero-order valence-electron chi connectivity index (χ0n) is 11.5. The highest BCUT2D eigenvalue weighted by Crippen LogP contribution is 2.23. The van der Waals surface area contributed by atoms with Crippen molar-refractivity contribution in [2.45, 2.75) is 20.3 Å². The minimum atomic E-state index is 0.509. The summed E-state index contributed by atoms with van der Waals surface area (Å²) in [7, 11) is 0. The second-order valence-electron chi connectivity index (χ2n) is 4.70. The third kappa shape index (κ3) is 3.54. The molecule has 4 nitrogen and oxygen atoms in total. The molecule has 0 bridgehead atoms. The monoisotopic (exact) mass is 289 g/mol. The van der Waals surface area contributed by atoms with Gasteiger partial charge in [-0.3, -0.25) is 4.98 Å². The van der Waals surface area contributed by atoms with Gasteiger partial charge in [0.1, 0.15) is 0 Å². The van der Waals surface area contributed by atoms with E-state index < -0.39 is 0 Å². The van der Waals surface area contributed by atoms with Crippen LogP contribution >= 0.6 is 11.6 Å².